The van der Waals surface area contributed by atoms with Gasteiger partial charge in [0.15, 0.2) is 0 Å². The molecule has 134 valence electrons. The van der Waals surface area contributed by atoms with Crippen molar-refractivity contribution in [3.8, 4) is 5.69 Å². The predicted molar refractivity (Wildman–Crippen MR) is 91.4 cm³/mol. The maximum atomic E-state index is 14.5. The summed E-state index contributed by atoms with van der Waals surface area (Å²) >= 11 is 0. The van der Waals surface area contributed by atoms with E-state index in [-0.39, 0.29) is 23.7 Å². The molecule has 1 amide bonds. The number of hydrogen-bond donors (Lipinski definition) is 1. The van der Waals surface area contributed by atoms with Crippen LogP contribution in [-0.4, -0.2) is 44.8 Å². The van der Waals surface area contributed by atoms with Gasteiger partial charge in [-0.2, -0.15) is 5.10 Å². The van der Waals surface area contributed by atoms with Crippen LogP contribution in [0, 0.1) is 25.6 Å². The van der Waals surface area contributed by atoms with Crippen LogP contribution in [0.4, 0.5) is 4.39 Å². The molecule has 1 aromatic heterocycles. The topological polar surface area (TPSA) is 75.4 Å². The number of rotatable bonds is 6. The quantitative estimate of drug-likeness (QED) is 0.872. The smallest absolute Gasteiger partial charge is 0.323 e. The summed E-state index contributed by atoms with van der Waals surface area (Å²) in [5.41, 5.74) is 1.91. The average Bonchev–Trinajstić information content (AvgIpc) is 2.83. The summed E-state index contributed by atoms with van der Waals surface area (Å²) in [6.45, 7) is 7.26. The monoisotopic (exact) mass is 347 g/mol. The first-order valence-corrected chi connectivity index (χ1v) is 8.03. The van der Waals surface area contributed by atoms with Crippen LogP contribution in [0.3, 0.4) is 0 Å². The van der Waals surface area contributed by atoms with Gasteiger partial charge in [0.05, 0.1) is 5.69 Å². The lowest BCUT2D eigenvalue weighted by atomic mass is 10.1. The summed E-state index contributed by atoms with van der Waals surface area (Å²) in [7, 11) is 0. The van der Waals surface area contributed by atoms with Gasteiger partial charge in [-0.3, -0.25) is 9.59 Å². The number of aliphatic carboxylic acids is 1. The van der Waals surface area contributed by atoms with Crippen molar-refractivity contribution in [3.63, 3.8) is 0 Å². The Morgan fingerprint density at radius 1 is 1.28 bits per heavy atom. The van der Waals surface area contributed by atoms with Crippen molar-refractivity contribution in [1.29, 1.82) is 0 Å². The molecule has 25 heavy (non-hydrogen) atoms. The van der Waals surface area contributed by atoms with Gasteiger partial charge in [0, 0.05) is 17.8 Å². The van der Waals surface area contributed by atoms with Gasteiger partial charge in [-0.05, 0) is 44.0 Å². The summed E-state index contributed by atoms with van der Waals surface area (Å²) in [4.78, 5) is 24.8. The van der Waals surface area contributed by atoms with Gasteiger partial charge in [0.2, 0.25) is 0 Å². The van der Waals surface area contributed by atoms with E-state index < -0.39 is 24.2 Å². The number of carboxylic acids is 1. The number of aryl methyl sites for hydroxylation is 2. The van der Waals surface area contributed by atoms with Crippen molar-refractivity contribution >= 4 is 11.9 Å². The van der Waals surface area contributed by atoms with Crippen LogP contribution in [0.1, 0.15) is 35.6 Å². The Morgan fingerprint density at radius 3 is 2.44 bits per heavy atom. The Kier molecular flexibility index (Phi) is 5.56. The third-order valence-corrected chi connectivity index (χ3v) is 3.63. The minimum absolute atomic E-state index is 0.0992. The minimum atomic E-state index is -1.10. The fraction of sp³-hybridized carbons (Fsp3) is 0.389. The van der Waals surface area contributed by atoms with Crippen LogP contribution in [0.5, 0.6) is 0 Å². The number of carbonyl (C=O) groups excluding carboxylic acids is 1. The van der Waals surface area contributed by atoms with E-state index in [1.54, 1.807) is 0 Å². The van der Waals surface area contributed by atoms with Crippen LogP contribution in [-0.2, 0) is 4.79 Å². The van der Waals surface area contributed by atoms with Gasteiger partial charge in [-0.1, -0.05) is 13.8 Å². The van der Waals surface area contributed by atoms with Crippen LogP contribution >= 0.6 is 0 Å². The molecule has 2 rings (SSSR count). The van der Waals surface area contributed by atoms with E-state index in [9.17, 15) is 14.0 Å². The zero-order valence-electron chi connectivity index (χ0n) is 14.8. The number of amides is 1. The largest absolute Gasteiger partial charge is 0.480 e. The molecular weight excluding hydrogens is 325 g/mol. The first-order valence-electron chi connectivity index (χ1n) is 8.03. The number of halogens is 1. The third-order valence-electron chi connectivity index (χ3n) is 3.63. The molecule has 0 radical (unpaired) electrons. The van der Waals surface area contributed by atoms with Crippen molar-refractivity contribution in [1.82, 2.24) is 14.7 Å². The second-order valence-corrected chi connectivity index (χ2v) is 6.48. The molecule has 0 saturated heterocycles. The standard InChI is InChI=1S/C18H22FN3O3/c1-11(2)9-21(10-17(23)24)18(25)14-5-6-16(15(19)8-14)22-13(4)7-12(3)20-22/h5-8,11H,9-10H2,1-4H3,(H,23,24). The highest BCUT2D eigenvalue weighted by Gasteiger charge is 2.21. The Balaban J connectivity index is 2.33. The molecule has 0 aliphatic carbocycles. The molecule has 0 unspecified atom stereocenters. The first-order chi connectivity index (χ1) is 11.7. The predicted octanol–water partition coefficient (Wildman–Crippen LogP) is 2.81. The molecular formula is C18H22FN3O3. The highest BCUT2D eigenvalue weighted by molar-refractivity contribution is 5.96. The second-order valence-electron chi connectivity index (χ2n) is 6.48. The fourth-order valence-electron chi connectivity index (χ4n) is 2.69. The van der Waals surface area contributed by atoms with Gasteiger partial charge in [0.25, 0.3) is 5.91 Å². The van der Waals surface area contributed by atoms with E-state index in [4.69, 9.17) is 5.11 Å². The lowest BCUT2D eigenvalue weighted by Gasteiger charge is -2.23. The summed E-state index contributed by atoms with van der Waals surface area (Å²) in [5, 5.41) is 13.2. The SMILES string of the molecule is Cc1cc(C)n(-c2ccc(C(=O)N(CC(=O)O)CC(C)C)cc2F)n1. The average molecular weight is 347 g/mol. The molecule has 1 heterocycles. The molecule has 1 N–H and O–H groups in total. The summed E-state index contributed by atoms with van der Waals surface area (Å²) in [6.07, 6.45) is 0. The summed E-state index contributed by atoms with van der Waals surface area (Å²) in [6, 6.07) is 5.93. The molecule has 0 saturated carbocycles. The summed E-state index contributed by atoms with van der Waals surface area (Å²) in [5.74, 6) is -2.09. The first kappa shape index (κ1) is 18.6. The van der Waals surface area contributed by atoms with Crippen LogP contribution < -0.4 is 0 Å². The highest BCUT2D eigenvalue weighted by Crippen LogP contribution is 2.19. The lowest BCUT2D eigenvalue weighted by molar-refractivity contribution is -0.137. The third kappa shape index (κ3) is 4.43. The van der Waals surface area contributed by atoms with Crippen LogP contribution in [0.25, 0.3) is 5.69 Å². The van der Waals surface area contributed by atoms with Crippen LogP contribution in [0.2, 0.25) is 0 Å². The fourth-order valence-corrected chi connectivity index (χ4v) is 2.69. The van der Waals surface area contributed by atoms with Crippen molar-refractivity contribution in [3.05, 3.63) is 47.0 Å². The number of hydrogen-bond acceptors (Lipinski definition) is 3. The molecule has 0 aliphatic heterocycles. The maximum Gasteiger partial charge on any atom is 0.323 e. The second kappa shape index (κ2) is 7.46. The minimum Gasteiger partial charge on any atom is -0.480 e. The molecule has 2 aromatic rings. The number of benzene rings is 1. The van der Waals surface area contributed by atoms with Gasteiger partial charge >= 0.3 is 5.97 Å². The van der Waals surface area contributed by atoms with Crippen molar-refractivity contribution in [2.75, 3.05) is 13.1 Å². The van der Waals surface area contributed by atoms with Gasteiger partial charge in [-0.15, -0.1) is 0 Å². The van der Waals surface area contributed by atoms with E-state index in [1.807, 2.05) is 33.8 Å². The molecule has 0 spiro atoms. The lowest BCUT2D eigenvalue weighted by Crippen LogP contribution is -2.38. The number of nitrogens with zero attached hydrogens (tertiary/aromatic N) is 3. The van der Waals surface area contributed by atoms with Crippen molar-refractivity contribution in [2.45, 2.75) is 27.7 Å². The Hall–Kier alpha value is -2.70. The van der Waals surface area contributed by atoms with E-state index in [0.717, 1.165) is 17.5 Å². The molecule has 0 fully saturated rings. The van der Waals surface area contributed by atoms with E-state index >= 15 is 0 Å². The maximum absolute atomic E-state index is 14.5. The van der Waals surface area contributed by atoms with Gasteiger partial charge in [0.1, 0.15) is 18.0 Å². The van der Waals surface area contributed by atoms with Crippen molar-refractivity contribution in [2.24, 2.45) is 5.92 Å². The van der Waals surface area contributed by atoms with E-state index in [2.05, 4.69) is 5.10 Å². The van der Waals surface area contributed by atoms with E-state index in [1.165, 1.54) is 21.7 Å². The van der Waals surface area contributed by atoms with Crippen LogP contribution in [0.15, 0.2) is 24.3 Å². The molecule has 0 bridgehead atoms. The Bertz CT molecular complexity index is 799. The van der Waals surface area contributed by atoms with E-state index in [0.29, 0.717) is 0 Å². The zero-order valence-corrected chi connectivity index (χ0v) is 14.8. The number of aromatic nitrogens is 2. The zero-order chi connectivity index (χ0) is 18.7. The number of carbonyl (C=O) groups is 2. The molecule has 1 aromatic carbocycles. The molecule has 0 atom stereocenters. The molecule has 7 heteroatoms. The molecule has 6 nitrogen and oxygen atoms in total. The van der Waals surface area contributed by atoms with Crippen molar-refractivity contribution < 1.29 is 19.1 Å². The Morgan fingerprint density at radius 2 is 1.96 bits per heavy atom. The van der Waals surface area contributed by atoms with Gasteiger partial charge in [-0.25, -0.2) is 9.07 Å². The van der Waals surface area contributed by atoms with Gasteiger partial charge < -0.3 is 10.0 Å². The summed E-state index contributed by atoms with van der Waals surface area (Å²) < 4.78 is 16.0. The molecule has 0 aliphatic rings. The normalized spacial score (nSPS) is 11.0. The Labute approximate surface area is 145 Å². The number of carboxylic acid groups (broad SMARTS) is 1. The highest BCUT2D eigenvalue weighted by atomic mass is 19.1.